The monoisotopic (exact) mass is 141 g/mol. The number of thiol groups is 1. The molecule has 0 spiro atoms. The Kier molecular flexibility index (Phi) is 4.77. The summed E-state index contributed by atoms with van der Waals surface area (Å²) < 4.78 is 13.8. The molecule has 3 nitrogen and oxygen atoms in total. The van der Waals surface area contributed by atoms with Gasteiger partial charge in [-0.05, 0) is 0 Å². The lowest BCUT2D eigenvalue weighted by atomic mass is 10.9. The Hall–Kier alpha value is 0.370. The van der Waals surface area contributed by atoms with Crippen LogP contribution in [0.15, 0.2) is 0 Å². The summed E-state index contributed by atoms with van der Waals surface area (Å²) >= 11 is 3.73. The van der Waals surface area contributed by atoms with Gasteiger partial charge in [0.25, 0.3) is 0 Å². The average Bonchev–Trinajstić information content (AvgIpc) is 1.61. The lowest BCUT2D eigenvalue weighted by Crippen LogP contribution is -1.84. The van der Waals surface area contributed by atoms with Crippen LogP contribution in [0.1, 0.15) is 0 Å². The van der Waals surface area contributed by atoms with Crippen molar-refractivity contribution in [2.24, 2.45) is 0 Å². The normalized spacial score (nSPS) is 11.4. The molecule has 0 aromatic rings. The summed E-state index contributed by atoms with van der Waals surface area (Å²) in [5.41, 5.74) is 0. The predicted molar refractivity (Wildman–Crippen MR) is 29.6 cm³/mol. The van der Waals surface area contributed by atoms with E-state index in [0.29, 0.717) is 5.75 Å². The van der Waals surface area contributed by atoms with Gasteiger partial charge in [-0.3, -0.25) is 0 Å². The molecule has 1 unspecified atom stereocenters. The molecule has 0 aliphatic heterocycles. The number of hydrogen-bond donors (Lipinski definition) is 2. The molecule has 0 aromatic carbocycles. The van der Waals surface area contributed by atoms with E-state index in [1.165, 1.54) is 0 Å². The molecule has 0 aliphatic rings. The van der Waals surface area contributed by atoms with Crippen LogP contribution in [0.4, 0.5) is 0 Å². The standard InChI is InChI=1S/C2H5O3PS/c3-6(4)5-1-2-7/h1-2H2,(H-,3,4,7)/p+1. The van der Waals surface area contributed by atoms with Crippen LogP contribution in [0.3, 0.4) is 0 Å². The van der Waals surface area contributed by atoms with Crippen LogP contribution in [0.5, 0.6) is 0 Å². The van der Waals surface area contributed by atoms with E-state index in [4.69, 9.17) is 4.89 Å². The minimum Gasteiger partial charge on any atom is -0.177 e. The van der Waals surface area contributed by atoms with E-state index in [-0.39, 0.29) is 6.61 Å². The van der Waals surface area contributed by atoms with Crippen molar-refractivity contribution in [2.45, 2.75) is 0 Å². The zero-order chi connectivity index (χ0) is 5.70. The molecule has 1 N–H and O–H groups in total. The van der Waals surface area contributed by atoms with Gasteiger partial charge in [-0.2, -0.15) is 12.6 Å². The molecule has 0 aromatic heterocycles. The van der Waals surface area contributed by atoms with Crippen LogP contribution in [0.2, 0.25) is 0 Å². The summed E-state index contributed by atoms with van der Waals surface area (Å²) in [5.74, 6) is 0.474. The third-order valence-corrected chi connectivity index (χ3v) is 0.879. The lowest BCUT2D eigenvalue weighted by Gasteiger charge is -1.76. The predicted octanol–water partition coefficient (Wildman–Crippen LogP) is 0.582. The molecular weight excluding hydrogens is 135 g/mol. The highest BCUT2D eigenvalue weighted by molar-refractivity contribution is 7.80. The van der Waals surface area contributed by atoms with Crippen LogP contribution < -0.4 is 0 Å². The summed E-state index contributed by atoms with van der Waals surface area (Å²) in [5, 5.41) is 0. The van der Waals surface area contributed by atoms with Gasteiger partial charge in [0.15, 0.2) is 0 Å². The number of hydrogen-bond acceptors (Lipinski definition) is 3. The van der Waals surface area contributed by atoms with Crippen LogP contribution in [-0.4, -0.2) is 17.3 Å². The first-order valence-corrected chi connectivity index (χ1v) is 3.43. The Labute approximate surface area is 48.0 Å². The third-order valence-electron chi connectivity index (χ3n) is 0.293. The van der Waals surface area contributed by atoms with E-state index in [9.17, 15) is 4.57 Å². The van der Waals surface area contributed by atoms with E-state index < -0.39 is 8.25 Å². The van der Waals surface area contributed by atoms with Crippen molar-refractivity contribution in [1.29, 1.82) is 0 Å². The lowest BCUT2D eigenvalue weighted by molar-refractivity contribution is 0.300. The van der Waals surface area contributed by atoms with E-state index in [2.05, 4.69) is 17.2 Å². The molecule has 0 bridgehead atoms. The maximum absolute atomic E-state index is 9.65. The maximum Gasteiger partial charge on any atom is 0.694 e. The van der Waals surface area contributed by atoms with Gasteiger partial charge >= 0.3 is 8.25 Å². The first-order chi connectivity index (χ1) is 3.27. The molecular formula is C2H6O3PS+. The minimum atomic E-state index is -2.41. The van der Waals surface area contributed by atoms with Crippen molar-refractivity contribution in [3.8, 4) is 0 Å². The van der Waals surface area contributed by atoms with Gasteiger partial charge in [0.2, 0.25) is 0 Å². The fraction of sp³-hybridized carbons (Fsp3) is 1.00. The fourth-order valence-corrected chi connectivity index (χ4v) is 0.602. The zero-order valence-electron chi connectivity index (χ0n) is 3.57. The Morgan fingerprint density at radius 3 is 2.57 bits per heavy atom. The molecule has 1 atom stereocenters. The fourth-order valence-electron chi connectivity index (χ4n) is 0.119. The molecule has 0 heterocycles. The second-order valence-electron chi connectivity index (χ2n) is 0.795. The quantitative estimate of drug-likeness (QED) is 0.446. The largest absolute Gasteiger partial charge is 0.694 e. The van der Waals surface area contributed by atoms with Crippen molar-refractivity contribution >= 4 is 20.9 Å². The van der Waals surface area contributed by atoms with Crippen LogP contribution in [-0.2, 0) is 9.09 Å². The molecule has 0 amide bonds. The van der Waals surface area contributed by atoms with Gasteiger partial charge in [-0.15, -0.1) is 9.42 Å². The summed E-state index contributed by atoms with van der Waals surface area (Å²) in [7, 11) is -2.41. The molecule has 42 valence electrons. The summed E-state index contributed by atoms with van der Waals surface area (Å²) in [6.45, 7) is 0.231. The Bertz CT molecular complexity index is 66.0. The van der Waals surface area contributed by atoms with Gasteiger partial charge in [0.1, 0.15) is 6.61 Å². The van der Waals surface area contributed by atoms with Crippen molar-refractivity contribution in [1.82, 2.24) is 0 Å². The third kappa shape index (κ3) is 6.37. The topological polar surface area (TPSA) is 46.5 Å². The Balaban J connectivity index is 2.82. The van der Waals surface area contributed by atoms with Gasteiger partial charge in [-0.25, -0.2) is 0 Å². The van der Waals surface area contributed by atoms with E-state index >= 15 is 0 Å². The van der Waals surface area contributed by atoms with Gasteiger partial charge < -0.3 is 0 Å². The van der Waals surface area contributed by atoms with Gasteiger partial charge in [0.05, 0.1) is 0 Å². The summed E-state index contributed by atoms with van der Waals surface area (Å²) in [4.78, 5) is 7.94. The summed E-state index contributed by atoms with van der Waals surface area (Å²) in [6.07, 6.45) is 0. The molecule has 0 fully saturated rings. The molecule has 0 saturated heterocycles. The van der Waals surface area contributed by atoms with E-state index in [1.54, 1.807) is 0 Å². The molecule has 0 saturated carbocycles. The van der Waals surface area contributed by atoms with E-state index in [0.717, 1.165) is 0 Å². The van der Waals surface area contributed by atoms with Crippen molar-refractivity contribution in [3.63, 3.8) is 0 Å². The van der Waals surface area contributed by atoms with Gasteiger partial charge in [-0.1, -0.05) is 0 Å². The second-order valence-corrected chi connectivity index (χ2v) is 1.98. The van der Waals surface area contributed by atoms with E-state index in [1.807, 2.05) is 0 Å². The first kappa shape index (κ1) is 7.37. The van der Waals surface area contributed by atoms with Crippen LogP contribution in [0.25, 0.3) is 0 Å². The van der Waals surface area contributed by atoms with Crippen molar-refractivity contribution in [2.75, 3.05) is 12.4 Å². The molecule has 0 rings (SSSR count). The Morgan fingerprint density at radius 1 is 1.86 bits per heavy atom. The van der Waals surface area contributed by atoms with Gasteiger partial charge in [0, 0.05) is 10.3 Å². The van der Waals surface area contributed by atoms with Crippen LogP contribution in [0, 0.1) is 0 Å². The van der Waals surface area contributed by atoms with Crippen molar-refractivity contribution in [3.05, 3.63) is 0 Å². The van der Waals surface area contributed by atoms with Crippen LogP contribution >= 0.6 is 20.9 Å². The molecule has 7 heavy (non-hydrogen) atoms. The van der Waals surface area contributed by atoms with Crippen molar-refractivity contribution < 1.29 is 14.0 Å². The highest BCUT2D eigenvalue weighted by atomic mass is 32.1. The average molecular weight is 141 g/mol. The summed E-state index contributed by atoms with van der Waals surface area (Å²) in [6, 6.07) is 0. The zero-order valence-corrected chi connectivity index (χ0v) is 5.36. The molecule has 0 aliphatic carbocycles. The SMILES string of the molecule is O=[P+](O)OCCS. The first-order valence-electron chi connectivity index (χ1n) is 1.67. The molecule has 0 radical (unpaired) electrons. The maximum atomic E-state index is 9.65. The highest BCUT2D eigenvalue weighted by Crippen LogP contribution is 2.12. The second kappa shape index (κ2) is 4.53. The highest BCUT2D eigenvalue weighted by Gasteiger charge is 2.08. The minimum absolute atomic E-state index is 0.231. The molecule has 5 heteroatoms. The smallest absolute Gasteiger partial charge is 0.177 e. The number of rotatable bonds is 3. The Morgan fingerprint density at radius 2 is 2.43 bits per heavy atom.